The van der Waals surface area contributed by atoms with Crippen molar-refractivity contribution in [3.05, 3.63) is 35.9 Å². The van der Waals surface area contributed by atoms with E-state index in [4.69, 9.17) is 5.84 Å². The topological polar surface area (TPSA) is 58.4 Å². The predicted octanol–water partition coefficient (Wildman–Crippen LogP) is 1.88. The van der Waals surface area contributed by atoms with Gasteiger partial charge in [0.2, 0.25) is 5.91 Å². The molecule has 0 saturated heterocycles. The first kappa shape index (κ1) is 15.0. The van der Waals surface area contributed by atoms with E-state index < -0.39 is 0 Å². The van der Waals surface area contributed by atoms with Gasteiger partial charge in [0.25, 0.3) is 0 Å². The summed E-state index contributed by atoms with van der Waals surface area (Å²) in [5, 5.41) is 0. The zero-order chi connectivity index (χ0) is 14.5. The molecule has 1 unspecified atom stereocenters. The fourth-order valence-electron chi connectivity index (χ4n) is 2.64. The molecule has 20 heavy (non-hydrogen) atoms. The Morgan fingerprint density at radius 1 is 1.30 bits per heavy atom. The molecule has 1 aromatic carbocycles. The molecule has 0 aliphatic heterocycles. The monoisotopic (exact) mass is 275 g/mol. The van der Waals surface area contributed by atoms with Gasteiger partial charge in [-0.05, 0) is 24.3 Å². The molecule has 1 aliphatic carbocycles. The predicted molar refractivity (Wildman–Crippen MR) is 80.9 cm³/mol. The molecule has 3 N–H and O–H groups in total. The summed E-state index contributed by atoms with van der Waals surface area (Å²) in [6.45, 7) is 6.22. The average molecular weight is 275 g/mol. The second kappa shape index (κ2) is 6.86. The van der Waals surface area contributed by atoms with Gasteiger partial charge in [-0.2, -0.15) is 0 Å². The highest BCUT2D eigenvalue weighted by atomic mass is 16.2. The number of carbonyl (C=O) groups excluding carboxylic acids is 1. The fourth-order valence-corrected chi connectivity index (χ4v) is 2.64. The van der Waals surface area contributed by atoms with Crippen molar-refractivity contribution in [1.29, 1.82) is 0 Å². The van der Waals surface area contributed by atoms with Gasteiger partial charge < -0.3 is 0 Å². The number of hydrogen-bond donors (Lipinski definition) is 2. The van der Waals surface area contributed by atoms with Crippen LogP contribution in [0.5, 0.6) is 0 Å². The SMILES string of the molecule is CC(C)CN(CC(C(=O)NN)c1ccccc1)C1CC1. The molecule has 1 aliphatic rings. The molecule has 4 heteroatoms. The van der Waals surface area contributed by atoms with Crippen LogP contribution in [0.15, 0.2) is 30.3 Å². The van der Waals surface area contributed by atoms with Crippen molar-refractivity contribution < 1.29 is 4.79 Å². The minimum absolute atomic E-state index is 0.106. The van der Waals surface area contributed by atoms with Crippen LogP contribution < -0.4 is 11.3 Å². The van der Waals surface area contributed by atoms with Crippen LogP contribution >= 0.6 is 0 Å². The number of nitrogens with one attached hydrogen (secondary N) is 1. The minimum atomic E-state index is -0.194. The van der Waals surface area contributed by atoms with Crippen molar-refractivity contribution in [3.8, 4) is 0 Å². The Bertz CT molecular complexity index is 429. The molecule has 0 radical (unpaired) electrons. The van der Waals surface area contributed by atoms with E-state index in [1.165, 1.54) is 12.8 Å². The summed E-state index contributed by atoms with van der Waals surface area (Å²) in [7, 11) is 0. The van der Waals surface area contributed by atoms with Crippen LogP contribution in [-0.2, 0) is 4.79 Å². The summed E-state index contributed by atoms with van der Waals surface area (Å²) in [4.78, 5) is 14.6. The smallest absolute Gasteiger partial charge is 0.242 e. The first-order chi connectivity index (χ1) is 9.61. The van der Waals surface area contributed by atoms with E-state index in [9.17, 15) is 4.79 Å². The Balaban J connectivity index is 2.12. The Morgan fingerprint density at radius 3 is 2.45 bits per heavy atom. The van der Waals surface area contributed by atoms with Gasteiger partial charge in [0.1, 0.15) is 0 Å². The highest BCUT2D eigenvalue weighted by Crippen LogP contribution is 2.30. The van der Waals surface area contributed by atoms with Gasteiger partial charge in [-0.25, -0.2) is 5.84 Å². The van der Waals surface area contributed by atoms with Gasteiger partial charge in [-0.3, -0.25) is 15.1 Å². The third-order valence-electron chi connectivity index (χ3n) is 3.74. The molecule has 0 bridgehead atoms. The highest BCUT2D eigenvalue weighted by Gasteiger charge is 2.33. The van der Waals surface area contributed by atoms with E-state index in [-0.39, 0.29) is 11.8 Å². The lowest BCUT2D eigenvalue weighted by atomic mass is 9.97. The first-order valence-electron chi connectivity index (χ1n) is 7.41. The molecule has 110 valence electrons. The van der Waals surface area contributed by atoms with E-state index in [1.54, 1.807) is 0 Å². The lowest BCUT2D eigenvalue weighted by Gasteiger charge is -2.28. The van der Waals surface area contributed by atoms with Crippen LogP contribution in [0, 0.1) is 5.92 Å². The number of amides is 1. The molecule has 0 heterocycles. The van der Waals surface area contributed by atoms with Crippen molar-refractivity contribution in [2.75, 3.05) is 13.1 Å². The number of hydrazine groups is 1. The lowest BCUT2D eigenvalue weighted by Crippen LogP contribution is -2.42. The van der Waals surface area contributed by atoms with E-state index in [0.29, 0.717) is 12.0 Å². The van der Waals surface area contributed by atoms with Crippen molar-refractivity contribution in [1.82, 2.24) is 10.3 Å². The third-order valence-corrected chi connectivity index (χ3v) is 3.74. The number of nitrogens with two attached hydrogens (primary N) is 1. The molecule has 1 atom stereocenters. The van der Waals surface area contributed by atoms with Crippen molar-refractivity contribution in [2.24, 2.45) is 11.8 Å². The van der Waals surface area contributed by atoms with Crippen molar-refractivity contribution in [2.45, 2.75) is 38.6 Å². The first-order valence-corrected chi connectivity index (χ1v) is 7.41. The maximum Gasteiger partial charge on any atom is 0.242 e. The van der Waals surface area contributed by atoms with Crippen molar-refractivity contribution >= 4 is 5.91 Å². The Hall–Kier alpha value is -1.39. The molecule has 1 amide bonds. The normalized spacial score (nSPS) is 16.4. The Morgan fingerprint density at radius 2 is 1.95 bits per heavy atom. The summed E-state index contributed by atoms with van der Waals surface area (Å²) >= 11 is 0. The molecule has 4 nitrogen and oxygen atoms in total. The molecule has 1 aromatic rings. The van der Waals surface area contributed by atoms with E-state index >= 15 is 0 Å². The van der Waals surface area contributed by atoms with Gasteiger partial charge in [0.15, 0.2) is 0 Å². The standard InChI is InChI=1S/C16H25N3O/c1-12(2)10-19(14-8-9-14)11-15(16(20)18-17)13-6-4-3-5-7-13/h3-7,12,14-15H,8-11,17H2,1-2H3,(H,18,20). The minimum Gasteiger partial charge on any atom is -0.299 e. The third kappa shape index (κ3) is 4.05. The number of rotatable bonds is 7. The lowest BCUT2D eigenvalue weighted by molar-refractivity contribution is -0.123. The average Bonchev–Trinajstić information content (AvgIpc) is 3.27. The van der Waals surface area contributed by atoms with Crippen LogP contribution in [0.4, 0.5) is 0 Å². The van der Waals surface area contributed by atoms with Gasteiger partial charge in [0.05, 0.1) is 5.92 Å². The maximum absolute atomic E-state index is 12.1. The van der Waals surface area contributed by atoms with E-state index in [0.717, 1.165) is 18.7 Å². The molecular weight excluding hydrogens is 250 g/mol. The van der Waals surface area contributed by atoms with Crippen LogP contribution in [0.25, 0.3) is 0 Å². The van der Waals surface area contributed by atoms with E-state index in [1.807, 2.05) is 30.3 Å². The molecule has 1 fully saturated rings. The summed E-state index contributed by atoms with van der Waals surface area (Å²) in [5.41, 5.74) is 3.35. The molecule has 2 rings (SSSR count). The number of nitrogens with zero attached hydrogens (tertiary/aromatic N) is 1. The second-order valence-electron chi connectivity index (χ2n) is 6.05. The number of benzene rings is 1. The summed E-state index contributed by atoms with van der Waals surface area (Å²) in [5.74, 6) is 5.67. The van der Waals surface area contributed by atoms with E-state index in [2.05, 4.69) is 24.2 Å². The maximum atomic E-state index is 12.1. The van der Waals surface area contributed by atoms with Crippen molar-refractivity contribution in [3.63, 3.8) is 0 Å². The van der Waals surface area contributed by atoms with Crippen LogP contribution in [0.1, 0.15) is 38.2 Å². The summed E-state index contributed by atoms with van der Waals surface area (Å²) in [6, 6.07) is 10.6. The van der Waals surface area contributed by atoms with Gasteiger partial charge in [-0.1, -0.05) is 44.2 Å². The molecule has 1 saturated carbocycles. The second-order valence-corrected chi connectivity index (χ2v) is 6.05. The number of hydrogen-bond acceptors (Lipinski definition) is 3. The van der Waals surface area contributed by atoms with Crippen LogP contribution in [0.2, 0.25) is 0 Å². The van der Waals surface area contributed by atoms with Gasteiger partial charge in [0, 0.05) is 19.1 Å². The summed E-state index contributed by atoms with van der Waals surface area (Å²) in [6.07, 6.45) is 2.50. The number of carbonyl (C=O) groups is 1. The van der Waals surface area contributed by atoms with Crippen LogP contribution in [0.3, 0.4) is 0 Å². The zero-order valence-electron chi connectivity index (χ0n) is 12.4. The Kier molecular flexibility index (Phi) is 5.15. The Labute approximate surface area is 121 Å². The molecule has 0 aromatic heterocycles. The van der Waals surface area contributed by atoms with Gasteiger partial charge >= 0.3 is 0 Å². The van der Waals surface area contributed by atoms with Gasteiger partial charge in [-0.15, -0.1) is 0 Å². The van der Waals surface area contributed by atoms with Crippen LogP contribution in [-0.4, -0.2) is 29.9 Å². The fraction of sp³-hybridized carbons (Fsp3) is 0.562. The summed E-state index contributed by atoms with van der Waals surface area (Å²) < 4.78 is 0. The molecule has 0 spiro atoms. The zero-order valence-corrected chi connectivity index (χ0v) is 12.4. The largest absolute Gasteiger partial charge is 0.299 e. The highest BCUT2D eigenvalue weighted by molar-refractivity contribution is 5.83. The molecular formula is C16H25N3O. The quantitative estimate of drug-likeness (QED) is 0.454.